The molecule has 0 heterocycles. The molecule has 0 aliphatic heterocycles. The fourth-order valence-corrected chi connectivity index (χ4v) is 1.68. The Balaban J connectivity index is 3.35. The number of amides is 1. The molecule has 0 bridgehead atoms. The number of halogens is 1. The number of methoxy groups -OCH3 is 2. The third kappa shape index (κ3) is 1.98. The second-order valence-electron chi connectivity index (χ2n) is 2.55. The Morgan fingerprint density at radius 3 is 2.43 bits per heavy atom. The van der Waals surface area contributed by atoms with Crippen LogP contribution in [-0.2, 0) is 0 Å². The van der Waals surface area contributed by atoms with Crippen molar-refractivity contribution in [2.75, 3.05) is 14.2 Å². The van der Waals surface area contributed by atoms with E-state index in [4.69, 9.17) is 15.2 Å². The van der Waals surface area contributed by atoms with Crippen LogP contribution >= 0.6 is 15.9 Å². The van der Waals surface area contributed by atoms with Crippen molar-refractivity contribution in [2.24, 2.45) is 5.73 Å². The van der Waals surface area contributed by atoms with Crippen LogP contribution in [0.5, 0.6) is 11.5 Å². The van der Waals surface area contributed by atoms with Crippen molar-refractivity contribution in [3.8, 4) is 11.5 Å². The van der Waals surface area contributed by atoms with Gasteiger partial charge >= 0.3 is 0 Å². The molecule has 0 atom stereocenters. The number of ether oxygens (including phenoxy) is 2. The monoisotopic (exact) mass is 259 g/mol. The first-order valence-corrected chi connectivity index (χ1v) is 4.60. The molecule has 0 spiro atoms. The molecule has 5 heteroatoms. The zero-order chi connectivity index (χ0) is 10.7. The smallest absolute Gasteiger partial charge is 0.252 e. The number of nitrogens with two attached hydrogens (primary N) is 1. The van der Waals surface area contributed by atoms with Gasteiger partial charge in [-0.25, -0.2) is 0 Å². The third-order valence-corrected chi connectivity index (χ3v) is 2.31. The van der Waals surface area contributed by atoms with Crippen LogP contribution in [0.3, 0.4) is 0 Å². The van der Waals surface area contributed by atoms with Crippen molar-refractivity contribution in [3.63, 3.8) is 0 Å². The lowest BCUT2D eigenvalue weighted by Gasteiger charge is -2.09. The second-order valence-corrected chi connectivity index (χ2v) is 3.41. The van der Waals surface area contributed by atoms with Crippen LogP contribution in [0.25, 0.3) is 0 Å². The van der Waals surface area contributed by atoms with Crippen molar-refractivity contribution in [3.05, 3.63) is 22.2 Å². The molecule has 0 radical (unpaired) electrons. The summed E-state index contributed by atoms with van der Waals surface area (Å²) in [6, 6.07) is 3.23. The number of carbonyl (C=O) groups is 1. The lowest BCUT2D eigenvalue weighted by molar-refractivity contribution is 0.0997. The molecule has 0 saturated carbocycles. The fourth-order valence-electron chi connectivity index (χ4n) is 1.08. The molecule has 0 aliphatic carbocycles. The fraction of sp³-hybridized carbons (Fsp3) is 0.222. The summed E-state index contributed by atoms with van der Waals surface area (Å²) < 4.78 is 10.7. The molecule has 2 N–H and O–H groups in total. The molecule has 14 heavy (non-hydrogen) atoms. The molecule has 1 rings (SSSR count). The van der Waals surface area contributed by atoms with E-state index >= 15 is 0 Å². The SMILES string of the molecule is COc1cc(Br)c(OC)c(C(N)=O)c1. The Kier molecular flexibility index (Phi) is 3.35. The molecule has 1 aromatic carbocycles. The highest BCUT2D eigenvalue weighted by Gasteiger charge is 2.14. The van der Waals surface area contributed by atoms with Gasteiger partial charge in [-0.05, 0) is 28.1 Å². The topological polar surface area (TPSA) is 61.6 Å². The number of hydrogen-bond acceptors (Lipinski definition) is 3. The number of benzene rings is 1. The summed E-state index contributed by atoms with van der Waals surface area (Å²) in [5.41, 5.74) is 5.48. The summed E-state index contributed by atoms with van der Waals surface area (Å²) in [6.45, 7) is 0. The van der Waals surface area contributed by atoms with Crippen molar-refractivity contribution >= 4 is 21.8 Å². The lowest BCUT2D eigenvalue weighted by Crippen LogP contribution is -2.12. The Morgan fingerprint density at radius 2 is 2.00 bits per heavy atom. The first kappa shape index (κ1) is 10.8. The largest absolute Gasteiger partial charge is 0.497 e. The van der Waals surface area contributed by atoms with E-state index in [1.54, 1.807) is 6.07 Å². The minimum absolute atomic E-state index is 0.290. The van der Waals surface area contributed by atoms with Crippen LogP contribution in [0.15, 0.2) is 16.6 Å². The second kappa shape index (κ2) is 4.32. The first-order valence-electron chi connectivity index (χ1n) is 3.81. The van der Waals surface area contributed by atoms with Crippen LogP contribution in [-0.4, -0.2) is 20.1 Å². The van der Waals surface area contributed by atoms with Crippen molar-refractivity contribution in [2.45, 2.75) is 0 Å². The number of carbonyl (C=O) groups excluding carboxylic acids is 1. The van der Waals surface area contributed by atoms with E-state index in [9.17, 15) is 4.79 Å². The van der Waals surface area contributed by atoms with Gasteiger partial charge < -0.3 is 15.2 Å². The average molecular weight is 260 g/mol. The Morgan fingerprint density at radius 1 is 1.36 bits per heavy atom. The van der Waals surface area contributed by atoms with Crippen LogP contribution in [0, 0.1) is 0 Å². The van der Waals surface area contributed by atoms with Gasteiger partial charge in [0.15, 0.2) is 0 Å². The maximum absolute atomic E-state index is 11.1. The van der Waals surface area contributed by atoms with E-state index in [0.29, 0.717) is 21.5 Å². The van der Waals surface area contributed by atoms with E-state index in [0.717, 1.165) is 0 Å². The van der Waals surface area contributed by atoms with Gasteiger partial charge in [-0.2, -0.15) is 0 Å². The Labute approximate surface area is 90.1 Å². The highest BCUT2D eigenvalue weighted by Crippen LogP contribution is 2.33. The summed E-state index contributed by atoms with van der Waals surface area (Å²) in [5, 5.41) is 0. The zero-order valence-electron chi connectivity index (χ0n) is 7.83. The quantitative estimate of drug-likeness (QED) is 0.897. The molecular weight excluding hydrogens is 250 g/mol. The summed E-state index contributed by atoms with van der Waals surface area (Å²) in [5.74, 6) is 0.409. The van der Waals surface area contributed by atoms with Crippen LogP contribution in [0.2, 0.25) is 0 Å². The molecule has 1 aromatic rings. The van der Waals surface area contributed by atoms with Gasteiger partial charge in [-0.3, -0.25) is 4.79 Å². The highest BCUT2D eigenvalue weighted by molar-refractivity contribution is 9.10. The van der Waals surface area contributed by atoms with E-state index in [1.165, 1.54) is 20.3 Å². The van der Waals surface area contributed by atoms with E-state index in [1.807, 2.05) is 0 Å². The van der Waals surface area contributed by atoms with Crippen molar-refractivity contribution in [1.29, 1.82) is 0 Å². The van der Waals surface area contributed by atoms with Gasteiger partial charge in [0.05, 0.1) is 24.3 Å². The Bertz CT molecular complexity index is 365. The van der Waals surface area contributed by atoms with Crippen molar-refractivity contribution < 1.29 is 14.3 Å². The molecular formula is C9H10BrNO3. The molecule has 4 nitrogen and oxygen atoms in total. The molecule has 0 saturated heterocycles. The zero-order valence-corrected chi connectivity index (χ0v) is 9.42. The Hall–Kier alpha value is -1.23. The summed E-state index contributed by atoms with van der Waals surface area (Å²) in [6.07, 6.45) is 0. The highest BCUT2D eigenvalue weighted by atomic mass is 79.9. The summed E-state index contributed by atoms with van der Waals surface area (Å²) >= 11 is 3.25. The van der Waals surface area contributed by atoms with Gasteiger partial charge in [0.2, 0.25) is 0 Å². The van der Waals surface area contributed by atoms with Crippen LogP contribution < -0.4 is 15.2 Å². The lowest BCUT2D eigenvalue weighted by atomic mass is 10.2. The normalized spacial score (nSPS) is 9.64. The third-order valence-electron chi connectivity index (χ3n) is 1.72. The van der Waals surface area contributed by atoms with E-state index < -0.39 is 5.91 Å². The average Bonchev–Trinajstić information content (AvgIpc) is 2.16. The molecule has 0 fully saturated rings. The molecule has 0 aliphatic rings. The van der Waals surface area contributed by atoms with Gasteiger partial charge in [-0.1, -0.05) is 0 Å². The number of primary amides is 1. The van der Waals surface area contributed by atoms with E-state index in [-0.39, 0.29) is 0 Å². The van der Waals surface area contributed by atoms with Gasteiger partial charge in [0.25, 0.3) is 5.91 Å². The van der Waals surface area contributed by atoms with Crippen molar-refractivity contribution in [1.82, 2.24) is 0 Å². The standard InChI is InChI=1S/C9H10BrNO3/c1-13-5-3-6(9(11)12)8(14-2)7(10)4-5/h3-4H,1-2H3,(H2,11,12). The minimum atomic E-state index is -0.554. The predicted molar refractivity (Wildman–Crippen MR) is 55.8 cm³/mol. The molecule has 1 amide bonds. The number of rotatable bonds is 3. The summed E-state index contributed by atoms with van der Waals surface area (Å²) in [4.78, 5) is 11.1. The predicted octanol–water partition coefficient (Wildman–Crippen LogP) is 1.57. The molecule has 76 valence electrons. The number of hydrogen-bond donors (Lipinski definition) is 1. The summed E-state index contributed by atoms with van der Waals surface area (Å²) in [7, 11) is 2.98. The molecule has 0 aromatic heterocycles. The van der Waals surface area contributed by atoms with E-state index in [2.05, 4.69) is 15.9 Å². The van der Waals surface area contributed by atoms with Crippen LogP contribution in [0.4, 0.5) is 0 Å². The van der Waals surface area contributed by atoms with Gasteiger partial charge in [0.1, 0.15) is 11.5 Å². The maximum Gasteiger partial charge on any atom is 0.252 e. The molecule has 0 unspecified atom stereocenters. The first-order chi connectivity index (χ1) is 6.60. The minimum Gasteiger partial charge on any atom is -0.497 e. The van der Waals surface area contributed by atoms with Gasteiger partial charge in [0, 0.05) is 0 Å². The maximum atomic E-state index is 11.1. The van der Waals surface area contributed by atoms with Gasteiger partial charge in [-0.15, -0.1) is 0 Å². The van der Waals surface area contributed by atoms with Crippen LogP contribution in [0.1, 0.15) is 10.4 Å².